The maximum atomic E-state index is 4.88. The van der Waals surface area contributed by atoms with Crippen LogP contribution in [-0.4, -0.2) is 23.1 Å². The average molecular weight is 235 g/mol. The molecule has 2 heterocycles. The number of nitrogens with zero attached hydrogens (tertiary/aromatic N) is 1. The number of aromatic amines is 1. The van der Waals surface area contributed by atoms with Gasteiger partial charge in [0.25, 0.3) is 0 Å². The summed E-state index contributed by atoms with van der Waals surface area (Å²) in [6.45, 7) is 11.2. The largest absolute Gasteiger partial charge is 0.345 e. The van der Waals surface area contributed by atoms with Gasteiger partial charge in [0.15, 0.2) is 0 Å². The molecule has 1 atom stereocenters. The molecule has 1 aromatic rings. The van der Waals surface area contributed by atoms with Gasteiger partial charge in [-0.05, 0) is 25.8 Å². The normalized spacial score (nSPS) is 21.8. The number of aromatic nitrogens is 2. The van der Waals surface area contributed by atoms with Gasteiger partial charge in [-0.25, -0.2) is 4.98 Å². The lowest BCUT2D eigenvalue weighted by molar-refractivity contribution is 0.447. The molecular formula is C14H25N3. The van der Waals surface area contributed by atoms with Gasteiger partial charge >= 0.3 is 0 Å². The topological polar surface area (TPSA) is 40.7 Å². The first-order chi connectivity index (χ1) is 8.02. The van der Waals surface area contributed by atoms with E-state index in [0.717, 1.165) is 19.5 Å². The van der Waals surface area contributed by atoms with Crippen molar-refractivity contribution in [2.45, 2.75) is 58.3 Å². The summed E-state index contributed by atoms with van der Waals surface area (Å²) in [6, 6.07) is 0. The Labute approximate surface area is 104 Å². The highest BCUT2D eigenvalue weighted by Crippen LogP contribution is 2.28. The van der Waals surface area contributed by atoms with Crippen LogP contribution in [0, 0.1) is 0 Å². The Morgan fingerprint density at radius 2 is 2.12 bits per heavy atom. The molecule has 2 N–H and O–H groups in total. The standard InChI is InChI=1S/C14H25N3/c1-5-11-12(14(2,3)4)17-13(16-11)10-7-6-8-15-9-10/h10,15H,5-9H2,1-4H3,(H,16,17). The molecule has 3 heteroatoms. The van der Waals surface area contributed by atoms with Crippen molar-refractivity contribution in [2.75, 3.05) is 13.1 Å². The Kier molecular flexibility index (Phi) is 3.57. The molecule has 3 nitrogen and oxygen atoms in total. The molecule has 96 valence electrons. The fraction of sp³-hybridized carbons (Fsp3) is 0.786. The van der Waals surface area contributed by atoms with Crippen LogP contribution in [0.4, 0.5) is 0 Å². The second kappa shape index (κ2) is 4.81. The molecule has 0 bridgehead atoms. The van der Waals surface area contributed by atoms with Gasteiger partial charge in [-0.15, -0.1) is 0 Å². The molecule has 0 radical (unpaired) electrons. The van der Waals surface area contributed by atoms with Crippen molar-refractivity contribution >= 4 is 0 Å². The zero-order chi connectivity index (χ0) is 12.5. The Morgan fingerprint density at radius 1 is 1.35 bits per heavy atom. The van der Waals surface area contributed by atoms with Crippen molar-refractivity contribution in [1.82, 2.24) is 15.3 Å². The van der Waals surface area contributed by atoms with Crippen molar-refractivity contribution < 1.29 is 0 Å². The van der Waals surface area contributed by atoms with Crippen LogP contribution >= 0.6 is 0 Å². The quantitative estimate of drug-likeness (QED) is 0.827. The first-order valence-corrected chi connectivity index (χ1v) is 6.82. The van der Waals surface area contributed by atoms with Gasteiger partial charge in [-0.2, -0.15) is 0 Å². The van der Waals surface area contributed by atoms with Crippen LogP contribution in [-0.2, 0) is 11.8 Å². The van der Waals surface area contributed by atoms with Gasteiger partial charge in [0.2, 0.25) is 0 Å². The van der Waals surface area contributed by atoms with Crippen LogP contribution in [0.25, 0.3) is 0 Å². The minimum absolute atomic E-state index is 0.141. The SMILES string of the molecule is CCc1[nH]c(C2CCCNC2)nc1C(C)(C)C. The van der Waals surface area contributed by atoms with E-state index in [-0.39, 0.29) is 5.41 Å². The third kappa shape index (κ3) is 2.71. The summed E-state index contributed by atoms with van der Waals surface area (Å²) in [4.78, 5) is 8.44. The molecule has 1 saturated heterocycles. The Morgan fingerprint density at radius 3 is 2.59 bits per heavy atom. The summed E-state index contributed by atoms with van der Waals surface area (Å²) < 4.78 is 0. The summed E-state index contributed by atoms with van der Waals surface area (Å²) in [5.74, 6) is 1.77. The number of nitrogens with one attached hydrogen (secondary N) is 2. The molecule has 0 saturated carbocycles. The molecule has 1 unspecified atom stereocenters. The summed E-state index contributed by atoms with van der Waals surface area (Å²) in [6.07, 6.45) is 3.56. The van der Waals surface area contributed by atoms with Crippen molar-refractivity contribution in [3.8, 4) is 0 Å². The highest BCUT2D eigenvalue weighted by Gasteiger charge is 2.25. The maximum Gasteiger partial charge on any atom is 0.111 e. The lowest BCUT2D eigenvalue weighted by atomic mass is 9.90. The molecule has 1 aromatic heterocycles. The van der Waals surface area contributed by atoms with Crippen molar-refractivity contribution in [3.63, 3.8) is 0 Å². The molecule has 2 rings (SSSR count). The van der Waals surface area contributed by atoms with Gasteiger partial charge in [-0.3, -0.25) is 0 Å². The second-order valence-corrected chi connectivity index (χ2v) is 6.10. The van der Waals surface area contributed by atoms with Gasteiger partial charge in [0.1, 0.15) is 5.82 Å². The zero-order valence-corrected chi connectivity index (χ0v) is 11.6. The summed E-state index contributed by atoms with van der Waals surface area (Å²) in [5.41, 5.74) is 2.71. The molecule has 1 aliphatic rings. The van der Waals surface area contributed by atoms with E-state index >= 15 is 0 Å². The number of hydrogen-bond acceptors (Lipinski definition) is 2. The van der Waals surface area contributed by atoms with E-state index in [2.05, 4.69) is 38.0 Å². The number of aryl methyl sites for hydroxylation is 1. The Balaban J connectivity index is 2.27. The molecular weight excluding hydrogens is 210 g/mol. The monoisotopic (exact) mass is 235 g/mol. The third-order valence-corrected chi connectivity index (χ3v) is 3.54. The van der Waals surface area contributed by atoms with Crippen LogP contribution in [0.2, 0.25) is 0 Å². The fourth-order valence-corrected chi connectivity index (χ4v) is 2.58. The summed E-state index contributed by atoms with van der Waals surface area (Å²) >= 11 is 0. The van der Waals surface area contributed by atoms with E-state index in [1.54, 1.807) is 0 Å². The minimum atomic E-state index is 0.141. The zero-order valence-electron chi connectivity index (χ0n) is 11.6. The molecule has 0 amide bonds. The molecule has 0 aromatic carbocycles. The minimum Gasteiger partial charge on any atom is -0.345 e. The highest BCUT2D eigenvalue weighted by molar-refractivity contribution is 5.23. The Hall–Kier alpha value is -0.830. The average Bonchev–Trinajstić information content (AvgIpc) is 2.74. The molecule has 0 aliphatic carbocycles. The van der Waals surface area contributed by atoms with Crippen LogP contribution in [0.1, 0.15) is 63.7 Å². The number of rotatable bonds is 2. The first kappa shape index (κ1) is 12.6. The first-order valence-electron chi connectivity index (χ1n) is 6.82. The summed E-state index contributed by atoms with van der Waals surface area (Å²) in [7, 11) is 0. The highest BCUT2D eigenvalue weighted by atomic mass is 15.0. The molecule has 0 spiro atoms. The van der Waals surface area contributed by atoms with E-state index in [1.165, 1.54) is 30.1 Å². The van der Waals surface area contributed by atoms with E-state index < -0.39 is 0 Å². The molecule has 1 fully saturated rings. The lowest BCUT2D eigenvalue weighted by Gasteiger charge is -2.21. The maximum absolute atomic E-state index is 4.88. The number of hydrogen-bond donors (Lipinski definition) is 2. The fourth-order valence-electron chi connectivity index (χ4n) is 2.58. The van der Waals surface area contributed by atoms with E-state index in [0.29, 0.717) is 5.92 Å². The predicted molar refractivity (Wildman–Crippen MR) is 71.5 cm³/mol. The predicted octanol–water partition coefficient (Wildman–Crippen LogP) is 2.74. The second-order valence-electron chi connectivity index (χ2n) is 6.10. The molecule has 17 heavy (non-hydrogen) atoms. The van der Waals surface area contributed by atoms with Crippen molar-refractivity contribution in [3.05, 3.63) is 17.2 Å². The lowest BCUT2D eigenvalue weighted by Crippen LogP contribution is -2.29. The van der Waals surface area contributed by atoms with Crippen molar-refractivity contribution in [2.24, 2.45) is 0 Å². The molecule has 1 aliphatic heterocycles. The van der Waals surface area contributed by atoms with Crippen molar-refractivity contribution in [1.29, 1.82) is 0 Å². The van der Waals surface area contributed by atoms with Crippen LogP contribution in [0.5, 0.6) is 0 Å². The van der Waals surface area contributed by atoms with E-state index in [4.69, 9.17) is 4.98 Å². The van der Waals surface area contributed by atoms with Gasteiger partial charge in [0.05, 0.1) is 5.69 Å². The number of piperidine rings is 1. The number of H-pyrrole nitrogens is 1. The third-order valence-electron chi connectivity index (χ3n) is 3.54. The number of imidazole rings is 1. The van der Waals surface area contributed by atoms with E-state index in [1.807, 2.05) is 0 Å². The van der Waals surface area contributed by atoms with Gasteiger partial charge < -0.3 is 10.3 Å². The van der Waals surface area contributed by atoms with Gasteiger partial charge in [0, 0.05) is 23.6 Å². The van der Waals surface area contributed by atoms with Crippen LogP contribution in [0.15, 0.2) is 0 Å². The van der Waals surface area contributed by atoms with Gasteiger partial charge in [-0.1, -0.05) is 27.7 Å². The van der Waals surface area contributed by atoms with Crippen LogP contribution < -0.4 is 5.32 Å². The van der Waals surface area contributed by atoms with E-state index in [9.17, 15) is 0 Å². The smallest absolute Gasteiger partial charge is 0.111 e. The van der Waals surface area contributed by atoms with Crippen LogP contribution in [0.3, 0.4) is 0 Å². The summed E-state index contributed by atoms with van der Waals surface area (Å²) in [5, 5.41) is 3.46. The Bertz CT molecular complexity index is 367.